The van der Waals surface area contributed by atoms with Crippen LogP contribution in [0.1, 0.15) is 19.3 Å². The quantitative estimate of drug-likeness (QED) is 0.696. The van der Waals surface area contributed by atoms with Crippen LogP contribution in [-0.2, 0) is 16.1 Å². The van der Waals surface area contributed by atoms with E-state index in [1.54, 1.807) is 35.3 Å². The summed E-state index contributed by atoms with van der Waals surface area (Å²) in [4.78, 5) is 27.6. The minimum absolute atomic E-state index is 0.107. The number of benzene rings is 1. The number of nitrogens with one attached hydrogen (secondary N) is 3. The van der Waals surface area contributed by atoms with Gasteiger partial charge in [-0.25, -0.2) is 9.78 Å². The fourth-order valence-corrected chi connectivity index (χ4v) is 2.61. The van der Waals surface area contributed by atoms with Crippen LogP contribution < -0.4 is 16.0 Å². The lowest BCUT2D eigenvalue weighted by Crippen LogP contribution is -2.35. The Kier molecular flexibility index (Phi) is 6.15. The number of rotatable bonds is 7. The third-order valence-corrected chi connectivity index (χ3v) is 3.98. The van der Waals surface area contributed by atoms with E-state index in [0.717, 1.165) is 19.4 Å². The first-order valence-corrected chi connectivity index (χ1v) is 8.58. The highest BCUT2D eigenvalue weighted by molar-refractivity contribution is 5.92. The number of aromatic nitrogens is 3. The summed E-state index contributed by atoms with van der Waals surface area (Å²) in [5.41, 5.74) is 1.31. The van der Waals surface area contributed by atoms with Gasteiger partial charge in [0.05, 0.1) is 12.6 Å². The number of ether oxygens (including phenoxy) is 1. The van der Waals surface area contributed by atoms with Crippen molar-refractivity contribution in [2.45, 2.75) is 31.9 Å². The Morgan fingerprint density at radius 2 is 1.96 bits per heavy atom. The van der Waals surface area contributed by atoms with E-state index < -0.39 is 0 Å². The summed E-state index contributed by atoms with van der Waals surface area (Å²) in [6.07, 6.45) is 5.43. The number of urea groups is 1. The summed E-state index contributed by atoms with van der Waals surface area (Å²) in [7, 11) is 0. The van der Waals surface area contributed by atoms with Crippen LogP contribution in [0.4, 0.5) is 16.2 Å². The maximum atomic E-state index is 11.9. The molecule has 138 valence electrons. The van der Waals surface area contributed by atoms with Crippen molar-refractivity contribution in [3.63, 3.8) is 0 Å². The summed E-state index contributed by atoms with van der Waals surface area (Å²) in [6.45, 7) is 1.74. The largest absolute Gasteiger partial charge is 0.376 e. The van der Waals surface area contributed by atoms with Gasteiger partial charge in [-0.05, 0) is 37.1 Å². The van der Waals surface area contributed by atoms with Gasteiger partial charge >= 0.3 is 6.03 Å². The van der Waals surface area contributed by atoms with Crippen molar-refractivity contribution in [2.24, 2.45) is 0 Å². The lowest BCUT2D eigenvalue weighted by molar-refractivity contribution is -0.116. The number of hydrogen-bond donors (Lipinski definition) is 3. The SMILES string of the molecule is O=C(CCn1cncn1)Nc1ccc(NC(=O)NC[C@@H]2CCCO2)cc1. The zero-order chi connectivity index (χ0) is 18.2. The van der Waals surface area contributed by atoms with E-state index in [1.807, 2.05) is 0 Å². The van der Waals surface area contributed by atoms with Crippen LogP contribution in [0.5, 0.6) is 0 Å². The molecule has 0 spiro atoms. The van der Waals surface area contributed by atoms with E-state index in [9.17, 15) is 9.59 Å². The van der Waals surface area contributed by atoms with Crippen molar-refractivity contribution in [3.8, 4) is 0 Å². The van der Waals surface area contributed by atoms with Crippen molar-refractivity contribution in [2.75, 3.05) is 23.8 Å². The first-order chi connectivity index (χ1) is 12.7. The Balaban J connectivity index is 1.39. The van der Waals surface area contributed by atoms with Crippen molar-refractivity contribution >= 4 is 23.3 Å². The number of amides is 3. The normalized spacial score (nSPS) is 16.2. The number of nitrogens with zero attached hydrogens (tertiary/aromatic N) is 3. The minimum atomic E-state index is -0.273. The van der Waals surface area contributed by atoms with Gasteiger partial charge in [-0.3, -0.25) is 9.48 Å². The van der Waals surface area contributed by atoms with Crippen molar-refractivity contribution in [1.29, 1.82) is 0 Å². The van der Waals surface area contributed by atoms with Crippen LogP contribution in [-0.4, -0.2) is 46.0 Å². The molecule has 9 nitrogen and oxygen atoms in total. The summed E-state index contributed by atoms with van der Waals surface area (Å²) >= 11 is 0. The second-order valence-corrected chi connectivity index (χ2v) is 6.00. The maximum absolute atomic E-state index is 11.9. The molecule has 0 radical (unpaired) electrons. The predicted molar refractivity (Wildman–Crippen MR) is 95.7 cm³/mol. The van der Waals surface area contributed by atoms with Crippen LogP contribution in [0.3, 0.4) is 0 Å². The van der Waals surface area contributed by atoms with E-state index in [2.05, 4.69) is 26.0 Å². The molecule has 1 aromatic carbocycles. The molecule has 2 heterocycles. The predicted octanol–water partition coefficient (Wildman–Crippen LogP) is 1.61. The molecule has 1 aliphatic rings. The number of hydrogen-bond acceptors (Lipinski definition) is 5. The van der Waals surface area contributed by atoms with Gasteiger partial charge in [0, 0.05) is 30.9 Å². The van der Waals surface area contributed by atoms with Gasteiger partial charge in [0.25, 0.3) is 0 Å². The Labute approximate surface area is 151 Å². The summed E-state index contributed by atoms with van der Waals surface area (Å²) in [5.74, 6) is -0.115. The second-order valence-electron chi connectivity index (χ2n) is 6.00. The first kappa shape index (κ1) is 17.9. The highest BCUT2D eigenvalue weighted by atomic mass is 16.5. The molecule has 0 bridgehead atoms. The van der Waals surface area contributed by atoms with Gasteiger partial charge in [0.1, 0.15) is 12.7 Å². The maximum Gasteiger partial charge on any atom is 0.319 e. The van der Waals surface area contributed by atoms with Crippen molar-refractivity contribution in [1.82, 2.24) is 20.1 Å². The van der Waals surface area contributed by atoms with Crippen molar-refractivity contribution < 1.29 is 14.3 Å². The molecule has 1 aliphatic heterocycles. The van der Waals surface area contributed by atoms with Gasteiger partial charge in [-0.2, -0.15) is 5.10 Å². The fourth-order valence-electron chi connectivity index (χ4n) is 2.61. The zero-order valence-corrected chi connectivity index (χ0v) is 14.4. The van der Waals surface area contributed by atoms with Crippen LogP contribution >= 0.6 is 0 Å². The Morgan fingerprint density at radius 1 is 1.19 bits per heavy atom. The second kappa shape index (κ2) is 8.95. The van der Waals surface area contributed by atoms with Crippen LogP contribution in [0.15, 0.2) is 36.9 Å². The summed E-state index contributed by atoms with van der Waals surface area (Å²) < 4.78 is 7.06. The Hall–Kier alpha value is -2.94. The van der Waals surface area contributed by atoms with E-state index >= 15 is 0 Å². The summed E-state index contributed by atoms with van der Waals surface area (Å²) in [6, 6.07) is 6.67. The fraction of sp³-hybridized carbons (Fsp3) is 0.412. The molecule has 26 heavy (non-hydrogen) atoms. The van der Waals surface area contributed by atoms with E-state index in [-0.39, 0.29) is 18.0 Å². The Bertz CT molecular complexity index is 711. The van der Waals surface area contributed by atoms with Crippen LogP contribution in [0.25, 0.3) is 0 Å². The molecule has 1 saturated heterocycles. The lowest BCUT2D eigenvalue weighted by Gasteiger charge is -2.12. The van der Waals surface area contributed by atoms with E-state index in [1.165, 1.54) is 6.33 Å². The summed E-state index contributed by atoms with van der Waals surface area (Å²) in [5, 5.41) is 12.3. The van der Waals surface area contributed by atoms with E-state index in [4.69, 9.17) is 4.74 Å². The van der Waals surface area contributed by atoms with Gasteiger partial charge in [0.15, 0.2) is 0 Å². The molecule has 2 aromatic rings. The third-order valence-electron chi connectivity index (χ3n) is 3.98. The van der Waals surface area contributed by atoms with Crippen LogP contribution in [0.2, 0.25) is 0 Å². The van der Waals surface area contributed by atoms with Gasteiger partial charge in [-0.1, -0.05) is 0 Å². The van der Waals surface area contributed by atoms with Gasteiger partial charge in [0.2, 0.25) is 5.91 Å². The first-order valence-electron chi connectivity index (χ1n) is 8.58. The van der Waals surface area contributed by atoms with Gasteiger partial charge < -0.3 is 20.7 Å². The van der Waals surface area contributed by atoms with E-state index in [0.29, 0.717) is 30.9 Å². The molecular weight excluding hydrogens is 336 g/mol. The molecule has 1 atom stereocenters. The average Bonchev–Trinajstić information content (AvgIpc) is 3.34. The lowest BCUT2D eigenvalue weighted by atomic mass is 10.2. The molecule has 3 rings (SSSR count). The molecule has 3 N–H and O–H groups in total. The van der Waals surface area contributed by atoms with Crippen molar-refractivity contribution in [3.05, 3.63) is 36.9 Å². The third kappa shape index (κ3) is 5.55. The molecule has 0 saturated carbocycles. The topological polar surface area (TPSA) is 110 Å². The number of aryl methyl sites for hydroxylation is 1. The average molecular weight is 358 g/mol. The molecule has 1 fully saturated rings. The molecule has 0 aliphatic carbocycles. The number of carbonyl (C=O) groups excluding carboxylic acids is 2. The smallest absolute Gasteiger partial charge is 0.319 e. The number of anilines is 2. The monoisotopic (exact) mass is 358 g/mol. The Morgan fingerprint density at radius 3 is 2.62 bits per heavy atom. The van der Waals surface area contributed by atoms with Gasteiger partial charge in [-0.15, -0.1) is 0 Å². The standard InChI is InChI=1S/C17H22N6O3/c24-16(7-8-23-12-18-11-20-23)21-13-3-5-14(6-4-13)22-17(25)19-10-15-2-1-9-26-15/h3-6,11-12,15H,1-2,7-10H2,(H,21,24)(H2,19,22,25)/t15-/m0/s1. The highest BCUT2D eigenvalue weighted by Gasteiger charge is 2.16. The molecule has 9 heteroatoms. The van der Waals surface area contributed by atoms with Crippen LogP contribution in [0, 0.1) is 0 Å². The molecule has 1 aromatic heterocycles. The molecular formula is C17H22N6O3. The minimum Gasteiger partial charge on any atom is -0.376 e. The molecule has 3 amide bonds. The zero-order valence-electron chi connectivity index (χ0n) is 14.4. The highest BCUT2D eigenvalue weighted by Crippen LogP contribution is 2.14. The number of carbonyl (C=O) groups is 2. The molecule has 0 unspecified atom stereocenters.